The van der Waals surface area contributed by atoms with Crippen molar-refractivity contribution in [1.29, 1.82) is 0 Å². The van der Waals surface area contributed by atoms with E-state index in [1.165, 1.54) is 12.1 Å². The van der Waals surface area contributed by atoms with Gasteiger partial charge in [0.2, 0.25) is 0 Å². The standard InChI is InChI=1S/C28H29O5PS2/c1-3-23-35(29,30)34(25-13-7-4-8-14-25,26-15-9-5-10-16-26,27-17-11-6-12-18-27)33-36(31,32)28-21-19-24(2)20-22-28/h4-22H,3,23H2,1-2H3. The molecular formula is C28H29O5PS2. The number of rotatable bonds is 9. The Hall–Kier alpha value is -2.83. The predicted octanol–water partition coefficient (Wildman–Crippen LogP) is 4.88. The average molecular weight is 541 g/mol. The molecule has 8 heteroatoms. The molecule has 5 nitrogen and oxygen atoms in total. The van der Waals surface area contributed by atoms with Crippen LogP contribution in [-0.2, 0) is 23.5 Å². The molecule has 0 aliphatic heterocycles. The Morgan fingerprint density at radius 1 is 0.611 bits per heavy atom. The summed E-state index contributed by atoms with van der Waals surface area (Å²) in [6.45, 7) is 3.61. The molecule has 4 aromatic rings. The summed E-state index contributed by atoms with van der Waals surface area (Å²) in [6.07, 6.45) is 0.292. The molecule has 0 heterocycles. The summed E-state index contributed by atoms with van der Waals surface area (Å²) in [7, 11) is -8.84. The van der Waals surface area contributed by atoms with E-state index in [0.717, 1.165) is 5.56 Å². The normalized spacial score (nSPS) is 13.6. The van der Waals surface area contributed by atoms with Gasteiger partial charge < -0.3 is 0 Å². The van der Waals surface area contributed by atoms with Crippen LogP contribution in [0.5, 0.6) is 0 Å². The molecule has 36 heavy (non-hydrogen) atoms. The summed E-state index contributed by atoms with van der Waals surface area (Å²) in [4.78, 5) is -0.100. The van der Waals surface area contributed by atoms with E-state index in [0.29, 0.717) is 22.3 Å². The van der Waals surface area contributed by atoms with Crippen LogP contribution in [0.25, 0.3) is 0 Å². The SMILES string of the molecule is CCCS(=O)(=O)P(OS(=O)(=O)c1ccc(C)cc1)(c1ccccc1)(c1ccccc1)c1ccccc1. The molecule has 188 valence electrons. The van der Waals surface area contributed by atoms with Crippen LogP contribution >= 0.6 is 6.03 Å². The molecule has 0 aliphatic rings. The monoisotopic (exact) mass is 540 g/mol. The summed E-state index contributed by atoms with van der Waals surface area (Å²) >= 11 is 0. The first-order chi connectivity index (χ1) is 17.2. The van der Waals surface area contributed by atoms with E-state index >= 15 is 0 Å². The number of hydrogen-bond acceptors (Lipinski definition) is 5. The summed E-state index contributed by atoms with van der Waals surface area (Å²) in [6, 6.07) is 26.6. The van der Waals surface area contributed by atoms with Crippen molar-refractivity contribution in [1.82, 2.24) is 0 Å². The third-order valence-corrected chi connectivity index (χ3v) is 20.9. The Balaban J connectivity index is 2.27. The Morgan fingerprint density at radius 3 is 1.36 bits per heavy atom. The fourth-order valence-corrected chi connectivity index (χ4v) is 20.3. The van der Waals surface area contributed by atoms with E-state index in [1.54, 1.807) is 110 Å². The Morgan fingerprint density at radius 2 is 1.00 bits per heavy atom. The molecule has 4 rings (SSSR count). The third-order valence-electron chi connectivity index (χ3n) is 6.22. The summed E-state index contributed by atoms with van der Waals surface area (Å²) in [5.74, 6) is -0.257. The van der Waals surface area contributed by atoms with E-state index < -0.39 is 25.6 Å². The van der Waals surface area contributed by atoms with Gasteiger partial charge in [-0.15, -0.1) is 0 Å². The Kier molecular flexibility index (Phi) is 7.22. The van der Waals surface area contributed by atoms with Crippen molar-refractivity contribution in [3.63, 3.8) is 0 Å². The molecule has 0 spiro atoms. The summed E-state index contributed by atoms with van der Waals surface area (Å²) < 4.78 is 64.2. The molecule has 0 saturated carbocycles. The summed E-state index contributed by atoms with van der Waals surface area (Å²) in [5.41, 5.74) is 0.874. The van der Waals surface area contributed by atoms with Crippen molar-refractivity contribution in [3.8, 4) is 0 Å². The van der Waals surface area contributed by atoms with Gasteiger partial charge in [0.25, 0.3) is 0 Å². The first-order valence-electron chi connectivity index (χ1n) is 11.6. The van der Waals surface area contributed by atoms with E-state index in [4.69, 9.17) is 3.97 Å². The van der Waals surface area contributed by atoms with Gasteiger partial charge in [-0.25, -0.2) is 0 Å². The van der Waals surface area contributed by atoms with Gasteiger partial charge in [-0.2, -0.15) is 0 Å². The molecule has 4 aromatic carbocycles. The van der Waals surface area contributed by atoms with Crippen LogP contribution < -0.4 is 15.9 Å². The van der Waals surface area contributed by atoms with Crippen molar-refractivity contribution >= 4 is 41.5 Å². The molecule has 0 atom stereocenters. The van der Waals surface area contributed by atoms with Gasteiger partial charge >= 0.3 is 214 Å². The molecule has 0 N–H and O–H groups in total. The quantitative estimate of drug-likeness (QED) is 0.283. The molecule has 0 amide bonds. The van der Waals surface area contributed by atoms with Gasteiger partial charge in [-0.05, 0) is 0 Å². The van der Waals surface area contributed by atoms with Crippen molar-refractivity contribution in [2.75, 3.05) is 5.75 Å². The van der Waals surface area contributed by atoms with Gasteiger partial charge in [-0.1, -0.05) is 0 Å². The zero-order valence-corrected chi connectivity index (χ0v) is 22.7. The second-order valence-electron chi connectivity index (χ2n) is 8.59. The zero-order chi connectivity index (χ0) is 25.9. The van der Waals surface area contributed by atoms with Crippen molar-refractivity contribution in [3.05, 3.63) is 121 Å². The van der Waals surface area contributed by atoms with Crippen molar-refractivity contribution < 1.29 is 20.8 Å². The number of aryl methyl sites for hydroxylation is 1. The van der Waals surface area contributed by atoms with Gasteiger partial charge in [0.15, 0.2) is 0 Å². The van der Waals surface area contributed by atoms with E-state index in [1.807, 2.05) is 6.92 Å². The van der Waals surface area contributed by atoms with Gasteiger partial charge in [0.05, 0.1) is 0 Å². The first-order valence-corrected chi connectivity index (χ1v) is 17.4. The third kappa shape index (κ3) is 4.00. The van der Waals surface area contributed by atoms with Crippen LogP contribution in [-0.4, -0.2) is 22.6 Å². The van der Waals surface area contributed by atoms with Crippen LogP contribution in [0, 0.1) is 6.92 Å². The molecule has 0 radical (unpaired) electrons. The minimum atomic E-state index is -5.21. The Bertz CT molecular complexity index is 1440. The van der Waals surface area contributed by atoms with Crippen molar-refractivity contribution in [2.45, 2.75) is 25.2 Å². The maximum absolute atomic E-state index is 14.8. The predicted molar refractivity (Wildman–Crippen MR) is 149 cm³/mol. The van der Waals surface area contributed by atoms with Crippen molar-refractivity contribution in [2.24, 2.45) is 0 Å². The topological polar surface area (TPSA) is 77.5 Å². The second kappa shape index (κ2) is 9.91. The van der Waals surface area contributed by atoms with E-state index in [2.05, 4.69) is 0 Å². The first kappa shape index (κ1) is 26.2. The molecule has 0 unspecified atom stereocenters. The van der Waals surface area contributed by atoms with Crippen LogP contribution in [0.15, 0.2) is 120 Å². The van der Waals surface area contributed by atoms with Gasteiger partial charge in [0.1, 0.15) is 0 Å². The average Bonchev–Trinajstić information content (AvgIpc) is 2.89. The number of benzene rings is 4. The maximum atomic E-state index is 14.8. The Labute approximate surface area is 213 Å². The minimum absolute atomic E-state index is 0.100. The second-order valence-corrected chi connectivity index (χ2v) is 19.4. The molecule has 0 bridgehead atoms. The van der Waals surface area contributed by atoms with Gasteiger partial charge in [-0.3, -0.25) is 0 Å². The number of hydrogen-bond donors (Lipinski definition) is 0. The van der Waals surface area contributed by atoms with E-state index in [-0.39, 0.29) is 10.6 Å². The molecule has 0 aliphatic carbocycles. The van der Waals surface area contributed by atoms with Crippen LogP contribution in [0.3, 0.4) is 0 Å². The van der Waals surface area contributed by atoms with Gasteiger partial charge in [0, 0.05) is 0 Å². The van der Waals surface area contributed by atoms with Crippen LogP contribution in [0.1, 0.15) is 18.9 Å². The zero-order valence-electron chi connectivity index (χ0n) is 20.2. The molecule has 0 fully saturated rings. The fraction of sp³-hybridized carbons (Fsp3) is 0.143. The van der Waals surface area contributed by atoms with Crippen LogP contribution in [0.4, 0.5) is 0 Å². The van der Waals surface area contributed by atoms with Crippen LogP contribution in [0.2, 0.25) is 0 Å². The molecule has 0 aromatic heterocycles. The summed E-state index contributed by atoms with van der Waals surface area (Å²) in [5, 5.41) is 0.931. The molecule has 0 saturated heterocycles. The van der Waals surface area contributed by atoms with E-state index in [9.17, 15) is 16.8 Å². The molecular weight excluding hydrogens is 511 g/mol. The fourth-order valence-electron chi connectivity index (χ4n) is 4.57.